The number of hydrogen-bond donors (Lipinski definition) is 2. The molecule has 124 valence electrons. The zero-order valence-corrected chi connectivity index (χ0v) is 13.7. The van der Waals surface area contributed by atoms with Gasteiger partial charge < -0.3 is 15.5 Å². The lowest BCUT2D eigenvalue weighted by Crippen LogP contribution is -2.37. The molecule has 1 aromatic rings. The second-order valence-electron chi connectivity index (χ2n) is 6.61. The smallest absolute Gasteiger partial charge is 0.228 e. The number of hydrogen-bond acceptors (Lipinski definition) is 3. The Labute approximate surface area is 137 Å². The van der Waals surface area contributed by atoms with Crippen molar-refractivity contribution < 1.29 is 9.59 Å². The molecule has 5 heteroatoms. The Morgan fingerprint density at radius 3 is 2.52 bits per heavy atom. The number of carbonyl (C=O) groups is 2. The van der Waals surface area contributed by atoms with E-state index < -0.39 is 0 Å². The van der Waals surface area contributed by atoms with Gasteiger partial charge in [0.05, 0.1) is 5.92 Å². The van der Waals surface area contributed by atoms with Crippen molar-refractivity contribution in [3.63, 3.8) is 0 Å². The number of amides is 2. The van der Waals surface area contributed by atoms with Gasteiger partial charge in [0, 0.05) is 31.7 Å². The molecule has 1 saturated heterocycles. The molecule has 1 unspecified atom stereocenters. The van der Waals surface area contributed by atoms with Gasteiger partial charge in [-0.1, -0.05) is 12.1 Å². The standard InChI is InChI=1S/C18H25N3O2/c1-13(22)21(17-8-9-17)12-14-4-6-16(7-5-14)20-18(23)15-3-2-10-19-11-15/h4-7,15,17,19H,2-3,8-12H2,1H3,(H,20,23). The highest BCUT2D eigenvalue weighted by atomic mass is 16.2. The van der Waals surface area contributed by atoms with Gasteiger partial charge >= 0.3 is 0 Å². The van der Waals surface area contributed by atoms with E-state index in [0.29, 0.717) is 12.6 Å². The summed E-state index contributed by atoms with van der Waals surface area (Å²) in [7, 11) is 0. The molecule has 1 atom stereocenters. The van der Waals surface area contributed by atoms with Crippen LogP contribution >= 0.6 is 0 Å². The van der Waals surface area contributed by atoms with Gasteiger partial charge in [-0.2, -0.15) is 0 Å². The minimum absolute atomic E-state index is 0.0616. The molecule has 2 aliphatic rings. The van der Waals surface area contributed by atoms with Gasteiger partial charge in [-0.05, 0) is 49.9 Å². The number of nitrogens with zero attached hydrogens (tertiary/aromatic N) is 1. The number of nitrogens with one attached hydrogen (secondary N) is 2. The quantitative estimate of drug-likeness (QED) is 0.875. The van der Waals surface area contributed by atoms with Gasteiger partial charge in [0.15, 0.2) is 0 Å². The molecule has 0 bridgehead atoms. The molecule has 2 N–H and O–H groups in total. The molecule has 0 spiro atoms. The Morgan fingerprint density at radius 2 is 1.96 bits per heavy atom. The summed E-state index contributed by atoms with van der Waals surface area (Å²) in [5.74, 6) is 0.287. The summed E-state index contributed by atoms with van der Waals surface area (Å²) in [6, 6.07) is 8.26. The summed E-state index contributed by atoms with van der Waals surface area (Å²) in [5.41, 5.74) is 1.93. The number of benzene rings is 1. The summed E-state index contributed by atoms with van der Waals surface area (Å²) < 4.78 is 0. The lowest BCUT2D eigenvalue weighted by atomic mass is 9.99. The zero-order chi connectivity index (χ0) is 16.2. The highest BCUT2D eigenvalue weighted by molar-refractivity contribution is 5.92. The summed E-state index contributed by atoms with van der Waals surface area (Å²) in [6.07, 6.45) is 4.23. The monoisotopic (exact) mass is 315 g/mol. The topological polar surface area (TPSA) is 61.4 Å². The van der Waals surface area contributed by atoms with E-state index in [-0.39, 0.29) is 17.7 Å². The molecule has 1 heterocycles. The van der Waals surface area contributed by atoms with Gasteiger partial charge in [-0.25, -0.2) is 0 Å². The average Bonchev–Trinajstić information content (AvgIpc) is 3.39. The van der Waals surface area contributed by atoms with E-state index >= 15 is 0 Å². The predicted molar refractivity (Wildman–Crippen MR) is 89.9 cm³/mol. The fourth-order valence-electron chi connectivity index (χ4n) is 3.09. The van der Waals surface area contributed by atoms with Crippen LogP contribution in [0.1, 0.15) is 38.2 Å². The van der Waals surface area contributed by atoms with Crippen LogP contribution in [0.2, 0.25) is 0 Å². The van der Waals surface area contributed by atoms with Crippen LogP contribution in [0.5, 0.6) is 0 Å². The van der Waals surface area contributed by atoms with Crippen LogP contribution in [0.15, 0.2) is 24.3 Å². The maximum absolute atomic E-state index is 12.2. The predicted octanol–water partition coefficient (Wildman–Crippen LogP) is 2.14. The van der Waals surface area contributed by atoms with E-state index in [0.717, 1.165) is 50.0 Å². The SMILES string of the molecule is CC(=O)N(Cc1ccc(NC(=O)C2CCCNC2)cc1)C1CC1. The summed E-state index contributed by atoms with van der Waals surface area (Å²) in [5, 5.41) is 6.25. The minimum atomic E-state index is 0.0616. The fourth-order valence-corrected chi connectivity index (χ4v) is 3.09. The Bertz CT molecular complexity index is 560. The summed E-state index contributed by atoms with van der Waals surface area (Å²) in [4.78, 5) is 25.8. The Hall–Kier alpha value is -1.88. The molecule has 1 aromatic carbocycles. The highest BCUT2D eigenvalue weighted by Crippen LogP contribution is 2.28. The third-order valence-electron chi connectivity index (χ3n) is 4.63. The number of piperidine rings is 1. The van der Waals surface area contributed by atoms with Crippen molar-refractivity contribution in [2.45, 2.75) is 45.2 Å². The lowest BCUT2D eigenvalue weighted by molar-refractivity contribution is -0.130. The molecular weight excluding hydrogens is 290 g/mol. The van der Waals surface area contributed by atoms with Gasteiger partial charge in [0.2, 0.25) is 11.8 Å². The van der Waals surface area contributed by atoms with Crippen LogP contribution in [0, 0.1) is 5.92 Å². The van der Waals surface area contributed by atoms with E-state index in [1.165, 1.54) is 0 Å². The molecule has 1 saturated carbocycles. The van der Waals surface area contributed by atoms with Crippen molar-refractivity contribution in [1.82, 2.24) is 10.2 Å². The van der Waals surface area contributed by atoms with Crippen molar-refractivity contribution in [3.8, 4) is 0 Å². The van der Waals surface area contributed by atoms with Crippen LogP contribution in [-0.2, 0) is 16.1 Å². The molecule has 0 radical (unpaired) electrons. The normalized spacial score (nSPS) is 20.8. The van der Waals surface area contributed by atoms with Gasteiger partial charge in [0.1, 0.15) is 0 Å². The first-order chi connectivity index (χ1) is 11.1. The molecule has 3 rings (SSSR count). The van der Waals surface area contributed by atoms with Crippen LogP contribution in [0.25, 0.3) is 0 Å². The molecule has 1 aliphatic carbocycles. The number of anilines is 1. The molecule has 23 heavy (non-hydrogen) atoms. The Kier molecular flexibility index (Phi) is 4.96. The van der Waals surface area contributed by atoms with E-state index in [1.807, 2.05) is 29.2 Å². The zero-order valence-electron chi connectivity index (χ0n) is 13.7. The maximum Gasteiger partial charge on any atom is 0.228 e. The molecule has 0 aromatic heterocycles. The molecular formula is C18H25N3O2. The fraction of sp³-hybridized carbons (Fsp3) is 0.556. The molecule has 2 amide bonds. The van der Waals surface area contributed by atoms with Crippen molar-refractivity contribution >= 4 is 17.5 Å². The number of rotatable bonds is 5. The second-order valence-corrected chi connectivity index (χ2v) is 6.61. The van der Waals surface area contributed by atoms with Crippen molar-refractivity contribution in [1.29, 1.82) is 0 Å². The molecule has 5 nitrogen and oxygen atoms in total. The number of carbonyl (C=O) groups excluding carboxylic acids is 2. The third-order valence-corrected chi connectivity index (χ3v) is 4.63. The van der Waals surface area contributed by atoms with Crippen LogP contribution in [0.3, 0.4) is 0 Å². The highest BCUT2D eigenvalue weighted by Gasteiger charge is 2.30. The van der Waals surface area contributed by atoms with E-state index in [9.17, 15) is 9.59 Å². The Balaban J connectivity index is 1.56. The van der Waals surface area contributed by atoms with Crippen molar-refractivity contribution in [2.75, 3.05) is 18.4 Å². The second kappa shape index (κ2) is 7.13. The average molecular weight is 315 g/mol. The first-order valence-corrected chi connectivity index (χ1v) is 8.51. The third kappa shape index (κ3) is 4.32. The van der Waals surface area contributed by atoms with Crippen LogP contribution in [0.4, 0.5) is 5.69 Å². The van der Waals surface area contributed by atoms with Gasteiger partial charge in [-0.15, -0.1) is 0 Å². The van der Waals surface area contributed by atoms with Gasteiger partial charge in [-0.3, -0.25) is 9.59 Å². The summed E-state index contributed by atoms with van der Waals surface area (Å²) >= 11 is 0. The van der Waals surface area contributed by atoms with Crippen LogP contribution < -0.4 is 10.6 Å². The molecule has 1 aliphatic heterocycles. The largest absolute Gasteiger partial charge is 0.336 e. The van der Waals surface area contributed by atoms with Crippen LogP contribution in [-0.4, -0.2) is 35.8 Å². The van der Waals surface area contributed by atoms with E-state index in [1.54, 1.807) is 6.92 Å². The minimum Gasteiger partial charge on any atom is -0.336 e. The molecule has 2 fully saturated rings. The lowest BCUT2D eigenvalue weighted by Gasteiger charge is -2.22. The first-order valence-electron chi connectivity index (χ1n) is 8.51. The Morgan fingerprint density at radius 1 is 1.22 bits per heavy atom. The van der Waals surface area contributed by atoms with Crippen molar-refractivity contribution in [2.24, 2.45) is 5.92 Å². The van der Waals surface area contributed by atoms with Gasteiger partial charge in [0.25, 0.3) is 0 Å². The van der Waals surface area contributed by atoms with Crippen molar-refractivity contribution in [3.05, 3.63) is 29.8 Å². The maximum atomic E-state index is 12.2. The van der Waals surface area contributed by atoms with E-state index in [2.05, 4.69) is 10.6 Å². The summed E-state index contributed by atoms with van der Waals surface area (Å²) in [6.45, 7) is 4.05. The first kappa shape index (κ1) is 16.0. The van der Waals surface area contributed by atoms with E-state index in [4.69, 9.17) is 0 Å².